The van der Waals surface area contributed by atoms with Crippen LogP contribution in [0.3, 0.4) is 0 Å². The standard InChI is InChI=1S/C22H26N2O2S/c1-3-4-16-26-17(2)21(25)24(15-14-18-10-6-5-7-11-18)22-23-19-12-8-9-13-20(19)27-22/h5-13,17H,3-4,14-16H2,1-2H3. The lowest BCUT2D eigenvalue weighted by atomic mass is 10.1. The van der Waals surface area contributed by atoms with Gasteiger partial charge in [0.2, 0.25) is 0 Å². The number of para-hydroxylation sites is 1. The summed E-state index contributed by atoms with van der Waals surface area (Å²) in [5.74, 6) is -0.0268. The van der Waals surface area contributed by atoms with Crippen molar-refractivity contribution in [2.75, 3.05) is 18.1 Å². The molecule has 0 saturated heterocycles. The van der Waals surface area contributed by atoms with Gasteiger partial charge in [0.1, 0.15) is 6.10 Å². The number of ether oxygens (including phenoxy) is 1. The molecule has 27 heavy (non-hydrogen) atoms. The van der Waals surface area contributed by atoms with Crippen LogP contribution in [0, 0.1) is 0 Å². The van der Waals surface area contributed by atoms with E-state index in [-0.39, 0.29) is 5.91 Å². The molecule has 1 unspecified atom stereocenters. The average molecular weight is 383 g/mol. The average Bonchev–Trinajstić information content (AvgIpc) is 3.12. The van der Waals surface area contributed by atoms with Gasteiger partial charge in [-0.2, -0.15) is 0 Å². The molecule has 5 heteroatoms. The van der Waals surface area contributed by atoms with Crippen LogP contribution in [0.25, 0.3) is 10.2 Å². The van der Waals surface area contributed by atoms with Gasteiger partial charge in [0.25, 0.3) is 5.91 Å². The maximum Gasteiger partial charge on any atom is 0.257 e. The van der Waals surface area contributed by atoms with Crippen molar-refractivity contribution in [1.29, 1.82) is 0 Å². The number of hydrogen-bond donors (Lipinski definition) is 0. The fourth-order valence-corrected chi connectivity index (χ4v) is 3.85. The first-order chi connectivity index (χ1) is 13.2. The lowest BCUT2D eigenvalue weighted by molar-refractivity contribution is -0.129. The highest BCUT2D eigenvalue weighted by molar-refractivity contribution is 7.22. The maximum atomic E-state index is 13.1. The predicted octanol–water partition coefficient (Wildman–Crippen LogP) is 5.08. The topological polar surface area (TPSA) is 42.4 Å². The van der Waals surface area contributed by atoms with E-state index in [1.54, 1.807) is 16.2 Å². The second kappa shape index (κ2) is 9.62. The van der Waals surface area contributed by atoms with E-state index in [4.69, 9.17) is 9.72 Å². The fourth-order valence-electron chi connectivity index (χ4n) is 2.86. The number of fused-ring (bicyclic) bond motifs is 1. The van der Waals surface area contributed by atoms with Gasteiger partial charge in [-0.3, -0.25) is 9.69 Å². The molecule has 0 radical (unpaired) electrons. The van der Waals surface area contributed by atoms with Gasteiger partial charge in [-0.05, 0) is 37.5 Å². The van der Waals surface area contributed by atoms with Crippen LogP contribution < -0.4 is 4.90 Å². The number of amides is 1. The summed E-state index contributed by atoms with van der Waals surface area (Å²) in [6.07, 6.45) is 2.32. The zero-order valence-electron chi connectivity index (χ0n) is 15.9. The molecule has 3 rings (SSSR count). The Hall–Kier alpha value is -2.24. The third-order valence-corrected chi connectivity index (χ3v) is 5.52. The van der Waals surface area contributed by atoms with Gasteiger partial charge in [0.15, 0.2) is 5.13 Å². The summed E-state index contributed by atoms with van der Waals surface area (Å²) in [6, 6.07) is 18.2. The second-order valence-corrected chi connectivity index (χ2v) is 7.57. The van der Waals surface area contributed by atoms with Crippen LogP contribution in [0.15, 0.2) is 54.6 Å². The van der Waals surface area contributed by atoms with Crippen LogP contribution in [0.4, 0.5) is 5.13 Å². The molecular formula is C22H26N2O2S. The molecule has 1 aromatic heterocycles. The second-order valence-electron chi connectivity index (χ2n) is 6.56. The highest BCUT2D eigenvalue weighted by Crippen LogP contribution is 2.29. The molecule has 2 aromatic carbocycles. The number of carbonyl (C=O) groups excluding carboxylic acids is 1. The van der Waals surface area contributed by atoms with Crippen molar-refractivity contribution in [2.45, 2.75) is 39.2 Å². The third-order valence-electron chi connectivity index (χ3n) is 4.46. The van der Waals surface area contributed by atoms with Gasteiger partial charge < -0.3 is 4.74 Å². The summed E-state index contributed by atoms with van der Waals surface area (Å²) in [4.78, 5) is 19.6. The first kappa shape index (κ1) is 19.5. The minimum Gasteiger partial charge on any atom is -0.369 e. The third kappa shape index (κ3) is 5.15. The Kier molecular flexibility index (Phi) is 6.96. The smallest absolute Gasteiger partial charge is 0.257 e. The van der Waals surface area contributed by atoms with Gasteiger partial charge in [-0.15, -0.1) is 0 Å². The lowest BCUT2D eigenvalue weighted by Crippen LogP contribution is -2.40. The molecular weight excluding hydrogens is 356 g/mol. The van der Waals surface area contributed by atoms with E-state index in [1.807, 2.05) is 49.4 Å². The van der Waals surface area contributed by atoms with Crippen LogP contribution in [0.5, 0.6) is 0 Å². The van der Waals surface area contributed by atoms with Crippen molar-refractivity contribution >= 4 is 32.6 Å². The zero-order chi connectivity index (χ0) is 19.1. The van der Waals surface area contributed by atoms with E-state index in [9.17, 15) is 4.79 Å². The SMILES string of the molecule is CCCCOC(C)C(=O)N(CCc1ccccc1)c1nc2ccccc2s1. The van der Waals surface area contributed by atoms with E-state index < -0.39 is 6.10 Å². The Balaban J connectivity index is 1.80. The Bertz CT molecular complexity index is 830. The molecule has 0 saturated carbocycles. The Labute approximate surface area is 164 Å². The van der Waals surface area contributed by atoms with Crippen molar-refractivity contribution in [1.82, 2.24) is 4.98 Å². The molecule has 4 nitrogen and oxygen atoms in total. The number of unbranched alkanes of at least 4 members (excludes halogenated alkanes) is 1. The van der Waals surface area contributed by atoms with Gasteiger partial charge in [-0.25, -0.2) is 4.98 Å². The highest BCUT2D eigenvalue weighted by Gasteiger charge is 2.25. The van der Waals surface area contributed by atoms with Crippen LogP contribution in [-0.4, -0.2) is 30.1 Å². The summed E-state index contributed by atoms with van der Waals surface area (Å²) >= 11 is 1.55. The minimum absolute atomic E-state index is 0.0268. The first-order valence-corrected chi connectivity index (χ1v) is 10.3. The fraction of sp³-hybridized carbons (Fsp3) is 0.364. The van der Waals surface area contributed by atoms with E-state index in [1.165, 1.54) is 5.56 Å². The number of rotatable bonds is 9. The summed E-state index contributed by atoms with van der Waals surface area (Å²) in [5.41, 5.74) is 2.13. The van der Waals surface area contributed by atoms with Gasteiger partial charge in [-0.1, -0.05) is 67.1 Å². The molecule has 1 atom stereocenters. The zero-order valence-corrected chi connectivity index (χ0v) is 16.7. The predicted molar refractivity (Wildman–Crippen MR) is 112 cm³/mol. The molecule has 1 amide bonds. The number of carbonyl (C=O) groups is 1. The Morgan fingerprint density at radius 3 is 2.63 bits per heavy atom. The van der Waals surface area contributed by atoms with Crippen molar-refractivity contribution in [3.8, 4) is 0 Å². The molecule has 0 spiro atoms. The van der Waals surface area contributed by atoms with Gasteiger partial charge in [0.05, 0.1) is 10.2 Å². The normalized spacial score (nSPS) is 12.2. The van der Waals surface area contributed by atoms with Crippen molar-refractivity contribution in [3.63, 3.8) is 0 Å². The Morgan fingerprint density at radius 1 is 1.15 bits per heavy atom. The summed E-state index contributed by atoms with van der Waals surface area (Å²) in [5, 5.41) is 0.739. The summed E-state index contributed by atoms with van der Waals surface area (Å²) in [6.45, 7) is 5.14. The summed E-state index contributed by atoms with van der Waals surface area (Å²) in [7, 11) is 0. The van der Waals surface area contributed by atoms with Crippen LogP contribution >= 0.6 is 11.3 Å². The number of benzene rings is 2. The molecule has 1 heterocycles. The minimum atomic E-state index is -0.473. The van der Waals surface area contributed by atoms with E-state index in [2.05, 4.69) is 19.1 Å². The van der Waals surface area contributed by atoms with E-state index in [0.717, 1.165) is 34.6 Å². The molecule has 0 N–H and O–H groups in total. The van der Waals surface area contributed by atoms with Gasteiger partial charge >= 0.3 is 0 Å². The lowest BCUT2D eigenvalue weighted by Gasteiger charge is -2.23. The monoisotopic (exact) mass is 382 g/mol. The molecule has 0 aliphatic carbocycles. The van der Waals surface area contributed by atoms with E-state index in [0.29, 0.717) is 13.2 Å². The van der Waals surface area contributed by atoms with E-state index >= 15 is 0 Å². The Morgan fingerprint density at radius 2 is 1.89 bits per heavy atom. The number of aromatic nitrogens is 1. The number of nitrogens with zero attached hydrogens (tertiary/aromatic N) is 2. The molecule has 0 aliphatic rings. The number of anilines is 1. The number of thiazole rings is 1. The molecule has 0 bridgehead atoms. The van der Waals surface area contributed by atoms with Crippen molar-refractivity contribution in [2.24, 2.45) is 0 Å². The summed E-state index contributed by atoms with van der Waals surface area (Å²) < 4.78 is 6.85. The van der Waals surface area contributed by atoms with Crippen LogP contribution in [0.1, 0.15) is 32.3 Å². The highest BCUT2D eigenvalue weighted by atomic mass is 32.1. The molecule has 3 aromatic rings. The maximum absolute atomic E-state index is 13.1. The van der Waals surface area contributed by atoms with Crippen LogP contribution in [0.2, 0.25) is 0 Å². The molecule has 142 valence electrons. The molecule has 0 fully saturated rings. The van der Waals surface area contributed by atoms with Crippen LogP contribution in [-0.2, 0) is 16.0 Å². The van der Waals surface area contributed by atoms with Gasteiger partial charge in [0, 0.05) is 13.2 Å². The van der Waals surface area contributed by atoms with Crippen molar-refractivity contribution < 1.29 is 9.53 Å². The van der Waals surface area contributed by atoms with Crippen molar-refractivity contribution in [3.05, 3.63) is 60.2 Å². The number of hydrogen-bond acceptors (Lipinski definition) is 4. The molecule has 0 aliphatic heterocycles. The largest absolute Gasteiger partial charge is 0.369 e. The quantitative estimate of drug-likeness (QED) is 0.485. The first-order valence-electron chi connectivity index (χ1n) is 9.51.